The number of phenols is 1. The number of nitrogens with one attached hydrogen (secondary N) is 1. The molecular formula is C24H25F4N3O2. The molecular weight excluding hydrogens is 438 g/mol. The number of phenolic OH excluding ortho intramolecular Hbond substituents is 1. The average molecular weight is 463 g/mol. The van der Waals surface area contributed by atoms with E-state index < -0.39 is 48.1 Å². The average Bonchev–Trinajstić information content (AvgIpc) is 2.76. The minimum Gasteiger partial charge on any atom is -0.505 e. The molecule has 176 valence electrons. The number of fused-ring (bicyclic) bond motifs is 2. The summed E-state index contributed by atoms with van der Waals surface area (Å²) in [5.74, 6) is -1.76. The number of alkyl halides is 3. The highest BCUT2D eigenvalue weighted by atomic mass is 19.4. The number of aromatic nitrogens is 2. The summed E-state index contributed by atoms with van der Waals surface area (Å²) in [6, 6.07) is 5.77. The molecule has 0 saturated carbocycles. The first kappa shape index (κ1) is 23.2. The fourth-order valence-electron chi connectivity index (χ4n) is 5.00. The second kappa shape index (κ2) is 8.44. The monoisotopic (exact) mass is 463 g/mol. The maximum atomic E-state index is 14.6. The van der Waals surface area contributed by atoms with Gasteiger partial charge >= 0.3 is 6.18 Å². The molecule has 0 aliphatic heterocycles. The van der Waals surface area contributed by atoms with Crippen molar-refractivity contribution >= 4 is 16.6 Å². The van der Waals surface area contributed by atoms with E-state index in [1.165, 1.54) is 12.3 Å². The van der Waals surface area contributed by atoms with E-state index in [0.29, 0.717) is 35.3 Å². The lowest BCUT2D eigenvalue weighted by Crippen LogP contribution is -2.52. The first-order chi connectivity index (χ1) is 15.6. The molecule has 33 heavy (non-hydrogen) atoms. The minimum atomic E-state index is -4.77. The fraction of sp³-hybridized carbons (Fsp3) is 0.417. The molecule has 1 aromatic heterocycles. The first-order valence-electron chi connectivity index (χ1n) is 10.8. The zero-order chi connectivity index (χ0) is 24.0. The van der Waals surface area contributed by atoms with E-state index in [1.807, 2.05) is 6.92 Å². The summed E-state index contributed by atoms with van der Waals surface area (Å²) < 4.78 is 58.2. The molecule has 1 heterocycles. The third kappa shape index (κ3) is 3.78. The molecule has 4 rings (SSSR count). The van der Waals surface area contributed by atoms with Gasteiger partial charge in [0.2, 0.25) is 0 Å². The SMILES string of the molecule is CCCC1C[C@](CO)(C(F)(F)F)C(Nc2cccc3nc(C)ncc23)c2ccc(F)c(O)c21. The number of hydrogen-bond donors (Lipinski definition) is 3. The Morgan fingerprint density at radius 2 is 1.97 bits per heavy atom. The molecule has 9 heteroatoms. The molecule has 3 aromatic rings. The van der Waals surface area contributed by atoms with Gasteiger partial charge in [0.1, 0.15) is 11.2 Å². The van der Waals surface area contributed by atoms with Crippen molar-refractivity contribution in [2.45, 2.75) is 51.2 Å². The lowest BCUT2D eigenvalue weighted by Gasteiger charge is -2.48. The van der Waals surface area contributed by atoms with Gasteiger partial charge in [0.15, 0.2) is 11.6 Å². The Bertz CT molecular complexity index is 1180. The highest BCUT2D eigenvalue weighted by Gasteiger charge is 2.63. The summed E-state index contributed by atoms with van der Waals surface area (Å²) in [5, 5.41) is 24.2. The van der Waals surface area contributed by atoms with Crippen molar-refractivity contribution in [1.82, 2.24) is 9.97 Å². The topological polar surface area (TPSA) is 78.3 Å². The molecule has 1 aliphatic carbocycles. The molecule has 0 radical (unpaired) electrons. The Morgan fingerprint density at radius 1 is 1.21 bits per heavy atom. The van der Waals surface area contributed by atoms with E-state index in [-0.39, 0.29) is 11.1 Å². The van der Waals surface area contributed by atoms with Crippen LogP contribution in [0.2, 0.25) is 0 Å². The highest BCUT2D eigenvalue weighted by molar-refractivity contribution is 5.91. The summed E-state index contributed by atoms with van der Waals surface area (Å²) in [6.07, 6.45) is -2.87. The Morgan fingerprint density at radius 3 is 2.64 bits per heavy atom. The molecule has 0 amide bonds. The maximum absolute atomic E-state index is 14.6. The van der Waals surface area contributed by atoms with Crippen LogP contribution in [0.25, 0.3) is 10.9 Å². The van der Waals surface area contributed by atoms with E-state index in [1.54, 1.807) is 25.1 Å². The molecule has 0 fully saturated rings. The zero-order valence-electron chi connectivity index (χ0n) is 18.2. The van der Waals surface area contributed by atoms with Gasteiger partial charge in [0.05, 0.1) is 18.2 Å². The third-order valence-electron chi connectivity index (χ3n) is 6.61. The van der Waals surface area contributed by atoms with Crippen LogP contribution in [-0.2, 0) is 0 Å². The summed E-state index contributed by atoms with van der Waals surface area (Å²) in [7, 11) is 0. The largest absolute Gasteiger partial charge is 0.505 e. The van der Waals surface area contributed by atoms with E-state index in [4.69, 9.17) is 0 Å². The molecule has 3 N–H and O–H groups in total. The standard InChI is InChI=1S/C24H25F4N3O2/c1-3-5-14-10-23(12-32,24(26,27)28)22(15-8-9-17(25)21(33)20(14)15)31-19-7-4-6-18-16(19)11-29-13(2)30-18/h4,6-9,11,14,22,31-33H,3,5,10,12H2,1-2H3/t14?,22?,23-/m1/s1. The molecule has 0 saturated heterocycles. The number of anilines is 1. The molecule has 5 nitrogen and oxygen atoms in total. The van der Waals surface area contributed by atoms with Crippen molar-refractivity contribution in [3.05, 3.63) is 59.3 Å². The van der Waals surface area contributed by atoms with Gasteiger partial charge in [0.25, 0.3) is 0 Å². The number of hydrogen-bond acceptors (Lipinski definition) is 5. The predicted octanol–water partition coefficient (Wildman–Crippen LogP) is 5.76. The Kier molecular flexibility index (Phi) is 5.94. The number of halogens is 4. The highest BCUT2D eigenvalue weighted by Crippen LogP contribution is 2.60. The van der Waals surface area contributed by atoms with Crippen LogP contribution in [0.4, 0.5) is 23.2 Å². The molecule has 1 aliphatic rings. The van der Waals surface area contributed by atoms with Gasteiger partial charge in [-0.15, -0.1) is 0 Å². The van der Waals surface area contributed by atoms with Gasteiger partial charge in [-0.25, -0.2) is 14.4 Å². The Labute approximate surface area is 188 Å². The smallest absolute Gasteiger partial charge is 0.399 e. The van der Waals surface area contributed by atoms with E-state index in [9.17, 15) is 27.8 Å². The lowest BCUT2D eigenvalue weighted by atomic mass is 9.62. The Balaban J connectivity index is 1.95. The molecule has 3 atom stereocenters. The van der Waals surface area contributed by atoms with Gasteiger partial charge in [-0.3, -0.25) is 0 Å². The van der Waals surface area contributed by atoms with Crippen LogP contribution >= 0.6 is 0 Å². The van der Waals surface area contributed by atoms with Crippen molar-refractivity contribution in [1.29, 1.82) is 0 Å². The molecule has 0 bridgehead atoms. The van der Waals surface area contributed by atoms with Crippen LogP contribution in [0, 0.1) is 18.2 Å². The van der Waals surface area contributed by atoms with Crippen LogP contribution in [0.3, 0.4) is 0 Å². The quantitative estimate of drug-likeness (QED) is 0.419. The first-order valence-corrected chi connectivity index (χ1v) is 10.8. The van der Waals surface area contributed by atoms with Crippen molar-refractivity contribution in [2.24, 2.45) is 5.41 Å². The van der Waals surface area contributed by atoms with Gasteiger partial charge in [0, 0.05) is 22.8 Å². The number of nitrogens with zero attached hydrogens (tertiary/aromatic N) is 2. The number of rotatable bonds is 5. The van der Waals surface area contributed by atoms with Crippen LogP contribution in [0.1, 0.15) is 55.1 Å². The van der Waals surface area contributed by atoms with Crippen molar-refractivity contribution in [3.8, 4) is 5.75 Å². The molecule has 2 aromatic carbocycles. The number of aryl methyl sites for hydroxylation is 1. The van der Waals surface area contributed by atoms with Gasteiger partial charge in [-0.05, 0) is 49.4 Å². The van der Waals surface area contributed by atoms with Crippen molar-refractivity contribution < 1.29 is 27.8 Å². The minimum absolute atomic E-state index is 0.120. The van der Waals surface area contributed by atoms with Gasteiger partial charge < -0.3 is 15.5 Å². The van der Waals surface area contributed by atoms with Crippen molar-refractivity contribution in [3.63, 3.8) is 0 Å². The normalized spacial score (nSPS) is 22.9. The second-order valence-electron chi connectivity index (χ2n) is 8.63. The lowest BCUT2D eigenvalue weighted by molar-refractivity contribution is -0.249. The van der Waals surface area contributed by atoms with E-state index >= 15 is 0 Å². The number of aliphatic hydroxyl groups is 1. The fourth-order valence-corrected chi connectivity index (χ4v) is 5.00. The second-order valence-corrected chi connectivity index (χ2v) is 8.63. The van der Waals surface area contributed by atoms with Crippen LogP contribution in [-0.4, -0.2) is 33.0 Å². The summed E-state index contributed by atoms with van der Waals surface area (Å²) in [6.45, 7) is 2.36. The maximum Gasteiger partial charge on any atom is 0.399 e. The summed E-state index contributed by atoms with van der Waals surface area (Å²) in [4.78, 5) is 8.49. The number of aromatic hydroxyl groups is 1. The van der Waals surface area contributed by atoms with Crippen LogP contribution in [0.15, 0.2) is 36.5 Å². The molecule has 0 spiro atoms. The van der Waals surface area contributed by atoms with Gasteiger partial charge in [-0.2, -0.15) is 13.2 Å². The Hall–Kier alpha value is -2.94. The number of aliphatic hydroxyl groups excluding tert-OH is 1. The van der Waals surface area contributed by atoms with Gasteiger partial charge in [-0.1, -0.05) is 25.5 Å². The summed E-state index contributed by atoms with van der Waals surface area (Å²) >= 11 is 0. The van der Waals surface area contributed by atoms with E-state index in [0.717, 1.165) is 6.07 Å². The van der Waals surface area contributed by atoms with E-state index in [2.05, 4.69) is 15.3 Å². The summed E-state index contributed by atoms with van der Waals surface area (Å²) in [5.41, 5.74) is -1.36. The third-order valence-corrected chi connectivity index (χ3v) is 6.61. The van der Waals surface area contributed by atoms with Crippen LogP contribution < -0.4 is 5.32 Å². The van der Waals surface area contributed by atoms with Crippen molar-refractivity contribution in [2.75, 3.05) is 11.9 Å². The zero-order valence-corrected chi connectivity index (χ0v) is 18.2. The number of benzene rings is 2. The predicted molar refractivity (Wildman–Crippen MR) is 117 cm³/mol. The molecule has 2 unspecified atom stereocenters. The van der Waals surface area contributed by atoms with Crippen LogP contribution in [0.5, 0.6) is 5.75 Å².